The van der Waals surface area contributed by atoms with Crippen molar-refractivity contribution in [1.29, 1.82) is 0 Å². The van der Waals surface area contributed by atoms with Crippen LogP contribution in [0, 0.1) is 6.92 Å². The average molecular weight is 253 g/mol. The lowest BCUT2D eigenvalue weighted by molar-refractivity contribution is -0.141. The molecule has 7 nitrogen and oxygen atoms in total. The summed E-state index contributed by atoms with van der Waals surface area (Å²) in [5, 5.41) is 15.3. The molecule has 1 aromatic rings. The third-order valence-electron chi connectivity index (χ3n) is 2.89. The van der Waals surface area contributed by atoms with E-state index in [1.165, 1.54) is 4.90 Å². The summed E-state index contributed by atoms with van der Waals surface area (Å²) in [4.78, 5) is 24.1. The molecular weight excluding hydrogens is 238 g/mol. The van der Waals surface area contributed by atoms with Crippen LogP contribution in [0.4, 0.5) is 4.79 Å². The van der Waals surface area contributed by atoms with Crippen LogP contribution in [0.5, 0.6) is 0 Å². The van der Waals surface area contributed by atoms with Gasteiger partial charge in [0.15, 0.2) is 5.76 Å². The van der Waals surface area contributed by atoms with E-state index in [9.17, 15) is 9.59 Å². The Kier molecular flexibility index (Phi) is 3.50. The van der Waals surface area contributed by atoms with Gasteiger partial charge in [-0.15, -0.1) is 0 Å². The Morgan fingerprint density at radius 3 is 3.06 bits per heavy atom. The SMILES string of the molecule is Cc1cc(CNC(=O)N2CCC[C@H]2C(=O)O)on1. The second kappa shape index (κ2) is 5.07. The predicted octanol–water partition coefficient (Wildman–Crippen LogP) is 0.742. The number of carboxylic acids is 1. The summed E-state index contributed by atoms with van der Waals surface area (Å²) >= 11 is 0. The third-order valence-corrected chi connectivity index (χ3v) is 2.89. The number of carbonyl (C=O) groups is 2. The molecule has 98 valence electrons. The summed E-state index contributed by atoms with van der Waals surface area (Å²) in [6.07, 6.45) is 1.22. The Morgan fingerprint density at radius 2 is 2.44 bits per heavy atom. The van der Waals surface area contributed by atoms with Gasteiger partial charge in [0, 0.05) is 12.6 Å². The zero-order valence-electron chi connectivity index (χ0n) is 10.0. The van der Waals surface area contributed by atoms with Gasteiger partial charge in [0.1, 0.15) is 6.04 Å². The number of carbonyl (C=O) groups excluding carboxylic acids is 1. The maximum Gasteiger partial charge on any atom is 0.326 e. The predicted molar refractivity (Wildman–Crippen MR) is 60.8 cm³/mol. The number of aliphatic carboxylic acids is 1. The van der Waals surface area contributed by atoms with Crippen LogP contribution in [-0.2, 0) is 11.3 Å². The van der Waals surface area contributed by atoms with Crippen LogP contribution in [-0.4, -0.2) is 39.8 Å². The molecule has 1 fully saturated rings. The van der Waals surface area contributed by atoms with Gasteiger partial charge in [-0.1, -0.05) is 5.16 Å². The summed E-state index contributed by atoms with van der Waals surface area (Å²) in [6, 6.07) is 0.620. The van der Waals surface area contributed by atoms with Crippen molar-refractivity contribution < 1.29 is 19.2 Å². The first-order valence-corrected chi connectivity index (χ1v) is 5.77. The van der Waals surface area contributed by atoms with E-state index in [2.05, 4.69) is 10.5 Å². The molecule has 2 amide bonds. The van der Waals surface area contributed by atoms with Crippen molar-refractivity contribution in [2.75, 3.05) is 6.54 Å². The normalized spacial score (nSPS) is 18.9. The number of carboxylic acid groups (broad SMARTS) is 1. The van der Waals surface area contributed by atoms with Gasteiger partial charge in [0.25, 0.3) is 0 Å². The number of nitrogens with zero attached hydrogens (tertiary/aromatic N) is 2. The molecule has 0 spiro atoms. The fourth-order valence-corrected chi connectivity index (χ4v) is 2.03. The monoisotopic (exact) mass is 253 g/mol. The average Bonchev–Trinajstić information content (AvgIpc) is 2.94. The Morgan fingerprint density at radius 1 is 1.67 bits per heavy atom. The maximum absolute atomic E-state index is 11.8. The molecule has 0 saturated carbocycles. The van der Waals surface area contributed by atoms with Gasteiger partial charge in [0.05, 0.1) is 12.2 Å². The minimum Gasteiger partial charge on any atom is -0.480 e. The first-order valence-electron chi connectivity index (χ1n) is 5.77. The second-order valence-corrected chi connectivity index (χ2v) is 4.28. The highest BCUT2D eigenvalue weighted by atomic mass is 16.5. The minimum absolute atomic E-state index is 0.211. The van der Waals surface area contributed by atoms with Crippen molar-refractivity contribution in [1.82, 2.24) is 15.4 Å². The molecule has 0 aliphatic carbocycles. The lowest BCUT2D eigenvalue weighted by Gasteiger charge is -2.21. The van der Waals surface area contributed by atoms with Crippen molar-refractivity contribution >= 4 is 12.0 Å². The van der Waals surface area contributed by atoms with E-state index < -0.39 is 12.0 Å². The largest absolute Gasteiger partial charge is 0.480 e. The van der Waals surface area contributed by atoms with Gasteiger partial charge in [-0.05, 0) is 19.8 Å². The van der Waals surface area contributed by atoms with Gasteiger partial charge in [-0.25, -0.2) is 9.59 Å². The maximum atomic E-state index is 11.8. The number of likely N-dealkylation sites (tertiary alicyclic amines) is 1. The number of urea groups is 1. The van der Waals surface area contributed by atoms with Crippen LogP contribution < -0.4 is 5.32 Å². The topological polar surface area (TPSA) is 95.7 Å². The highest BCUT2D eigenvalue weighted by molar-refractivity contribution is 5.83. The number of aryl methyl sites for hydroxylation is 1. The molecule has 2 heterocycles. The Balaban J connectivity index is 1.89. The van der Waals surface area contributed by atoms with E-state index in [0.29, 0.717) is 25.1 Å². The number of hydrogen-bond donors (Lipinski definition) is 2. The smallest absolute Gasteiger partial charge is 0.326 e. The number of rotatable bonds is 3. The molecule has 1 aliphatic heterocycles. The fraction of sp³-hybridized carbons (Fsp3) is 0.545. The summed E-state index contributed by atoms with van der Waals surface area (Å²) in [7, 11) is 0. The van der Waals surface area contributed by atoms with Crippen molar-refractivity contribution in [2.24, 2.45) is 0 Å². The van der Waals surface area contributed by atoms with Crippen molar-refractivity contribution in [3.8, 4) is 0 Å². The Labute approximate surface area is 104 Å². The third kappa shape index (κ3) is 2.61. The van der Waals surface area contributed by atoms with Gasteiger partial charge in [-0.2, -0.15) is 0 Å². The van der Waals surface area contributed by atoms with Crippen LogP contribution >= 0.6 is 0 Å². The molecule has 1 saturated heterocycles. The lowest BCUT2D eigenvalue weighted by atomic mass is 10.2. The van der Waals surface area contributed by atoms with E-state index in [-0.39, 0.29) is 12.6 Å². The van der Waals surface area contributed by atoms with Crippen LogP contribution in [0.15, 0.2) is 10.6 Å². The lowest BCUT2D eigenvalue weighted by Crippen LogP contribution is -2.45. The molecule has 0 radical (unpaired) electrons. The summed E-state index contributed by atoms with van der Waals surface area (Å²) in [5.41, 5.74) is 0.740. The quantitative estimate of drug-likeness (QED) is 0.828. The first-order chi connectivity index (χ1) is 8.58. The molecule has 18 heavy (non-hydrogen) atoms. The number of amides is 2. The first kappa shape index (κ1) is 12.4. The minimum atomic E-state index is -0.960. The van der Waals surface area contributed by atoms with Crippen molar-refractivity contribution in [3.05, 3.63) is 17.5 Å². The molecule has 1 aliphatic rings. The van der Waals surface area contributed by atoms with Crippen LogP contribution in [0.25, 0.3) is 0 Å². The Hall–Kier alpha value is -2.05. The highest BCUT2D eigenvalue weighted by Gasteiger charge is 2.33. The highest BCUT2D eigenvalue weighted by Crippen LogP contribution is 2.17. The van der Waals surface area contributed by atoms with E-state index >= 15 is 0 Å². The number of hydrogen-bond acceptors (Lipinski definition) is 4. The van der Waals surface area contributed by atoms with E-state index in [0.717, 1.165) is 5.69 Å². The molecular formula is C11H15N3O4. The standard InChI is InChI=1S/C11H15N3O4/c1-7-5-8(18-13-7)6-12-11(17)14-4-2-3-9(14)10(15)16/h5,9H,2-4,6H2,1H3,(H,12,17)(H,15,16)/t9-/m0/s1. The molecule has 0 aromatic carbocycles. The zero-order valence-corrected chi connectivity index (χ0v) is 10.0. The van der Waals surface area contributed by atoms with E-state index in [4.69, 9.17) is 9.63 Å². The summed E-state index contributed by atoms with van der Waals surface area (Å²) in [6.45, 7) is 2.47. The molecule has 0 unspecified atom stereocenters. The molecule has 1 atom stereocenters. The second-order valence-electron chi connectivity index (χ2n) is 4.28. The van der Waals surface area contributed by atoms with Gasteiger partial charge in [-0.3, -0.25) is 0 Å². The molecule has 2 N–H and O–H groups in total. The van der Waals surface area contributed by atoms with Crippen LogP contribution in [0.3, 0.4) is 0 Å². The van der Waals surface area contributed by atoms with Crippen molar-refractivity contribution in [2.45, 2.75) is 32.4 Å². The van der Waals surface area contributed by atoms with Gasteiger partial charge < -0.3 is 19.8 Å². The number of aromatic nitrogens is 1. The molecule has 7 heteroatoms. The van der Waals surface area contributed by atoms with E-state index in [1.807, 2.05) is 0 Å². The fourth-order valence-electron chi connectivity index (χ4n) is 2.03. The molecule has 0 bridgehead atoms. The van der Waals surface area contributed by atoms with Crippen LogP contribution in [0.2, 0.25) is 0 Å². The van der Waals surface area contributed by atoms with Crippen molar-refractivity contribution in [3.63, 3.8) is 0 Å². The summed E-state index contributed by atoms with van der Waals surface area (Å²) < 4.78 is 4.95. The number of nitrogens with one attached hydrogen (secondary N) is 1. The van der Waals surface area contributed by atoms with Crippen LogP contribution in [0.1, 0.15) is 24.3 Å². The Bertz CT molecular complexity index is 457. The van der Waals surface area contributed by atoms with E-state index in [1.54, 1.807) is 13.0 Å². The van der Waals surface area contributed by atoms with Gasteiger partial charge >= 0.3 is 12.0 Å². The summed E-state index contributed by atoms with van der Waals surface area (Å²) in [5.74, 6) is -0.412. The van der Waals surface area contributed by atoms with Gasteiger partial charge in [0.2, 0.25) is 0 Å². The zero-order chi connectivity index (χ0) is 13.1. The molecule has 1 aromatic heterocycles. The molecule has 2 rings (SSSR count).